The molecule has 0 bridgehead atoms. The number of benzene rings is 1. The molecule has 2 heterocycles. The van der Waals surface area contributed by atoms with Crippen LogP contribution in [0.25, 0.3) is 11.3 Å². The number of carboxylic acid groups (broad SMARTS) is 1. The number of carbonyl (C=O) groups is 1. The summed E-state index contributed by atoms with van der Waals surface area (Å²) in [4.78, 5) is 13.5. The highest BCUT2D eigenvalue weighted by molar-refractivity contribution is 5.70. The molecular formula is C18H22N2O3. The summed E-state index contributed by atoms with van der Waals surface area (Å²) in [6.07, 6.45) is 1.37. The van der Waals surface area contributed by atoms with Crippen LogP contribution in [0.5, 0.6) is 0 Å². The molecule has 2 unspecified atom stereocenters. The van der Waals surface area contributed by atoms with Gasteiger partial charge in [0.15, 0.2) is 5.76 Å². The van der Waals surface area contributed by atoms with Gasteiger partial charge in [0.2, 0.25) is 0 Å². The van der Waals surface area contributed by atoms with Crippen molar-refractivity contribution >= 4 is 5.97 Å². The molecule has 1 aliphatic rings. The van der Waals surface area contributed by atoms with E-state index in [9.17, 15) is 9.90 Å². The second-order valence-electron chi connectivity index (χ2n) is 6.43. The lowest BCUT2D eigenvalue weighted by Gasteiger charge is -2.41. The van der Waals surface area contributed by atoms with E-state index in [2.05, 4.69) is 23.9 Å². The molecule has 122 valence electrons. The summed E-state index contributed by atoms with van der Waals surface area (Å²) < 4.78 is 5.45. The zero-order chi connectivity index (χ0) is 16.4. The normalized spacial score (nSPS) is 25.4. The fourth-order valence-electron chi connectivity index (χ4n) is 3.45. The molecule has 0 saturated carbocycles. The van der Waals surface area contributed by atoms with E-state index in [4.69, 9.17) is 4.52 Å². The molecule has 1 aromatic carbocycles. The summed E-state index contributed by atoms with van der Waals surface area (Å²) in [6, 6.07) is 12.3. The number of hydrogen-bond donors (Lipinski definition) is 1. The van der Waals surface area contributed by atoms with Crippen LogP contribution in [0.2, 0.25) is 0 Å². The summed E-state index contributed by atoms with van der Waals surface area (Å²) in [5, 5.41) is 13.4. The number of likely N-dealkylation sites (tertiary alicyclic amines) is 1. The molecule has 1 aliphatic heterocycles. The zero-order valence-electron chi connectivity index (χ0n) is 13.5. The molecule has 2 atom stereocenters. The van der Waals surface area contributed by atoms with Crippen molar-refractivity contribution in [1.29, 1.82) is 0 Å². The molecule has 5 heteroatoms. The van der Waals surface area contributed by atoms with E-state index in [1.807, 2.05) is 36.4 Å². The molecule has 23 heavy (non-hydrogen) atoms. The van der Waals surface area contributed by atoms with Crippen LogP contribution < -0.4 is 0 Å². The summed E-state index contributed by atoms with van der Waals surface area (Å²) in [6.45, 7) is 4.86. The molecule has 0 radical (unpaired) electrons. The van der Waals surface area contributed by atoms with Gasteiger partial charge >= 0.3 is 5.97 Å². The Bertz CT molecular complexity index is 656. The van der Waals surface area contributed by atoms with E-state index in [0.29, 0.717) is 19.4 Å². The maximum atomic E-state index is 11.2. The van der Waals surface area contributed by atoms with Crippen molar-refractivity contribution in [3.63, 3.8) is 0 Å². The third kappa shape index (κ3) is 3.45. The van der Waals surface area contributed by atoms with Gasteiger partial charge in [-0.25, -0.2) is 0 Å². The Balaban J connectivity index is 1.70. The third-order valence-corrected chi connectivity index (χ3v) is 4.69. The topological polar surface area (TPSA) is 66.6 Å². The highest BCUT2D eigenvalue weighted by Gasteiger charge is 2.34. The number of aliphatic carboxylic acids is 1. The first-order chi connectivity index (χ1) is 11.0. The lowest BCUT2D eigenvalue weighted by Crippen LogP contribution is -2.47. The Labute approximate surface area is 135 Å². The quantitative estimate of drug-likeness (QED) is 0.936. The molecule has 3 rings (SSSR count). The van der Waals surface area contributed by atoms with Gasteiger partial charge < -0.3 is 9.63 Å². The summed E-state index contributed by atoms with van der Waals surface area (Å²) in [5.41, 5.74) is 1.90. The van der Waals surface area contributed by atoms with Gasteiger partial charge in [0, 0.05) is 30.3 Å². The van der Waals surface area contributed by atoms with Crippen molar-refractivity contribution in [3.05, 3.63) is 42.1 Å². The van der Waals surface area contributed by atoms with Gasteiger partial charge in [0.1, 0.15) is 0 Å². The van der Waals surface area contributed by atoms with Crippen molar-refractivity contribution < 1.29 is 14.4 Å². The van der Waals surface area contributed by atoms with Gasteiger partial charge in [-0.1, -0.05) is 35.5 Å². The Hall–Kier alpha value is -2.14. The molecule has 1 aromatic heterocycles. The smallest absolute Gasteiger partial charge is 0.306 e. The summed E-state index contributed by atoms with van der Waals surface area (Å²) in [5.74, 6) is -0.161. The summed E-state index contributed by atoms with van der Waals surface area (Å²) in [7, 11) is 0. The Morgan fingerprint density at radius 3 is 2.52 bits per heavy atom. The first-order valence-electron chi connectivity index (χ1n) is 8.04. The van der Waals surface area contributed by atoms with E-state index in [0.717, 1.165) is 17.0 Å². The van der Waals surface area contributed by atoms with Gasteiger partial charge in [-0.3, -0.25) is 9.69 Å². The van der Waals surface area contributed by atoms with Gasteiger partial charge in [0.25, 0.3) is 0 Å². The van der Waals surface area contributed by atoms with Crippen molar-refractivity contribution in [2.45, 2.75) is 45.3 Å². The standard InChI is InChI=1S/C18H22N2O3/c1-12-8-15(18(21)22)9-13(2)20(12)11-16-10-17(23-19-16)14-6-4-3-5-7-14/h3-7,10,12-13,15H,8-9,11H2,1-2H3,(H,21,22). The molecule has 1 fully saturated rings. The van der Waals surface area contributed by atoms with Crippen molar-refractivity contribution in [2.24, 2.45) is 5.92 Å². The number of piperidine rings is 1. The minimum Gasteiger partial charge on any atom is -0.481 e. The van der Waals surface area contributed by atoms with E-state index >= 15 is 0 Å². The van der Waals surface area contributed by atoms with Gasteiger partial charge in [0.05, 0.1) is 11.6 Å². The van der Waals surface area contributed by atoms with Crippen molar-refractivity contribution in [2.75, 3.05) is 0 Å². The van der Waals surface area contributed by atoms with Crippen LogP contribution in [0.1, 0.15) is 32.4 Å². The minimum atomic E-state index is -0.684. The highest BCUT2D eigenvalue weighted by Crippen LogP contribution is 2.30. The Kier molecular flexibility index (Phi) is 4.48. The maximum Gasteiger partial charge on any atom is 0.306 e. The van der Waals surface area contributed by atoms with Crippen LogP contribution in [0.4, 0.5) is 0 Å². The Morgan fingerprint density at radius 1 is 1.26 bits per heavy atom. The number of aromatic nitrogens is 1. The fourth-order valence-corrected chi connectivity index (χ4v) is 3.45. The van der Waals surface area contributed by atoms with Gasteiger partial charge in [-0.15, -0.1) is 0 Å². The van der Waals surface area contributed by atoms with Crippen molar-refractivity contribution in [1.82, 2.24) is 10.1 Å². The zero-order valence-corrected chi connectivity index (χ0v) is 13.5. The van der Waals surface area contributed by atoms with Crippen LogP contribution >= 0.6 is 0 Å². The Morgan fingerprint density at radius 2 is 1.91 bits per heavy atom. The molecular weight excluding hydrogens is 292 g/mol. The fraction of sp³-hybridized carbons (Fsp3) is 0.444. The molecule has 0 amide bonds. The van der Waals surface area contributed by atoms with E-state index in [1.165, 1.54) is 0 Å². The van der Waals surface area contributed by atoms with Gasteiger partial charge in [-0.2, -0.15) is 0 Å². The SMILES string of the molecule is CC1CC(C(=O)O)CC(C)N1Cc1cc(-c2ccccc2)on1. The number of carboxylic acids is 1. The lowest BCUT2D eigenvalue weighted by atomic mass is 9.87. The monoisotopic (exact) mass is 314 g/mol. The lowest BCUT2D eigenvalue weighted by molar-refractivity contribution is -0.145. The second-order valence-corrected chi connectivity index (χ2v) is 6.43. The molecule has 1 saturated heterocycles. The first-order valence-corrected chi connectivity index (χ1v) is 8.04. The van der Waals surface area contributed by atoms with Crippen LogP contribution in [0, 0.1) is 5.92 Å². The number of nitrogens with zero attached hydrogens (tertiary/aromatic N) is 2. The predicted molar refractivity (Wildman–Crippen MR) is 86.8 cm³/mol. The highest BCUT2D eigenvalue weighted by atomic mass is 16.5. The predicted octanol–water partition coefficient (Wildman–Crippen LogP) is 3.42. The molecule has 2 aromatic rings. The van der Waals surface area contributed by atoms with E-state index < -0.39 is 5.97 Å². The van der Waals surface area contributed by atoms with Gasteiger partial charge in [-0.05, 0) is 26.7 Å². The van der Waals surface area contributed by atoms with E-state index in [1.54, 1.807) is 0 Å². The minimum absolute atomic E-state index is 0.219. The third-order valence-electron chi connectivity index (χ3n) is 4.69. The van der Waals surface area contributed by atoms with Crippen molar-refractivity contribution in [3.8, 4) is 11.3 Å². The summed E-state index contributed by atoms with van der Waals surface area (Å²) >= 11 is 0. The molecule has 0 spiro atoms. The first kappa shape index (κ1) is 15.7. The number of rotatable bonds is 4. The average Bonchev–Trinajstić information content (AvgIpc) is 3.00. The number of hydrogen-bond acceptors (Lipinski definition) is 4. The van der Waals surface area contributed by atoms with Crippen LogP contribution in [-0.2, 0) is 11.3 Å². The average molecular weight is 314 g/mol. The largest absolute Gasteiger partial charge is 0.481 e. The van der Waals surface area contributed by atoms with Crippen LogP contribution in [-0.4, -0.2) is 33.2 Å². The second kappa shape index (κ2) is 6.54. The van der Waals surface area contributed by atoms with Crippen LogP contribution in [0.15, 0.2) is 40.9 Å². The maximum absolute atomic E-state index is 11.2. The van der Waals surface area contributed by atoms with Crippen LogP contribution in [0.3, 0.4) is 0 Å². The molecule has 0 aliphatic carbocycles. The van der Waals surface area contributed by atoms with E-state index in [-0.39, 0.29) is 18.0 Å². The molecule has 1 N–H and O–H groups in total. The molecule has 5 nitrogen and oxygen atoms in total.